The van der Waals surface area contributed by atoms with E-state index in [2.05, 4.69) is 10.3 Å². The number of aromatic nitrogens is 1. The number of carbonyl (C=O) groups excluding carboxylic acids is 1. The molecule has 0 saturated heterocycles. The number of rotatable bonds is 6. The van der Waals surface area contributed by atoms with E-state index in [-0.39, 0.29) is 5.91 Å². The third-order valence-electron chi connectivity index (χ3n) is 3.51. The minimum atomic E-state index is -0.138. The molecule has 5 heteroatoms. The number of thiophene rings is 1. The highest BCUT2D eigenvalue weighted by Crippen LogP contribution is 2.20. The summed E-state index contributed by atoms with van der Waals surface area (Å²) in [6, 6.07) is 13.4. The largest absolute Gasteiger partial charge is 0.494 e. The van der Waals surface area contributed by atoms with Gasteiger partial charge in [-0.25, -0.2) is 0 Å². The molecule has 0 spiro atoms. The Morgan fingerprint density at radius 3 is 2.88 bits per heavy atom. The Bertz CT molecular complexity index is 798. The lowest BCUT2D eigenvalue weighted by Gasteiger charge is -2.08. The lowest BCUT2D eigenvalue weighted by molar-refractivity contribution is 0.0950. The molecule has 4 nitrogen and oxygen atoms in total. The first kappa shape index (κ1) is 16.2. The van der Waals surface area contributed by atoms with Gasteiger partial charge in [0.05, 0.1) is 17.9 Å². The maximum absolute atomic E-state index is 12.2. The van der Waals surface area contributed by atoms with Crippen molar-refractivity contribution >= 4 is 17.2 Å². The van der Waals surface area contributed by atoms with Gasteiger partial charge in [0, 0.05) is 23.7 Å². The summed E-state index contributed by atoms with van der Waals surface area (Å²) in [5.74, 6) is 0.673. The van der Waals surface area contributed by atoms with E-state index in [1.54, 1.807) is 23.6 Å². The molecule has 0 saturated carbocycles. The molecule has 2 heterocycles. The van der Waals surface area contributed by atoms with Crippen LogP contribution in [0.15, 0.2) is 59.4 Å². The van der Waals surface area contributed by atoms with Crippen LogP contribution >= 0.6 is 11.3 Å². The summed E-state index contributed by atoms with van der Waals surface area (Å²) in [6.07, 6.45) is 1.61. The van der Waals surface area contributed by atoms with Gasteiger partial charge < -0.3 is 10.1 Å². The zero-order valence-corrected chi connectivity index (χ0v) is 14.2. The standard InChI is InChI=1S/C19H18N2O2S/c1-2-23-17-5-3-4-14(10-17)11-21-19(22)15-6-7-18(20-12-15)16-8-9-24-13-16/h3-10,12-13H,2,11H2,1H3,(H,21,22). The summed E-state index contributed by atoms with van der Waals surface area (Å²) in [6.45, 7) is 3.02. The molecule has 0 bridgehead atoms. The smallest absolute Gasteiger partial charge is 0.253 e. The Morgan fingerprint density at radius 1 is 1.25 bits per heavy atom. The lowest BCUT2D eigenvalue weighted by atomic mass is 10.1. The normalized spacial score (nSPS) is 10.4. The van der Waals surface area contributed by atoms with Crippen LogP contribution in [0.25, 0.3) is 11.3 Å². The third-order valence-corrected chi connectivity index (χ3v) is 4.19. The van der Waals surface area contributed by atoms with Gasteiger partial charge in [-0.2, -0.15) is 11.3 Å². The Labute approximate surface area is 145 Å². The molecule has 3 aromatic rings. The molecule has 1 aromatic carbocycles. The van der Waals surface area contributed by atoms with E-state index in [9.17, 15) is 4.79 Å². The Kier molecular flexibility index (Phi) is 5.23. The van der Waals surface area contributed by atoms with Crippen LogP contribution in [0.3, 0.4) is 0 Å². The van der Waals surface area contributed by atoms with Crippen molar-refractivity contribution in [1.29, 1.82) is 0 Å². The van der Waals surface area contributed by atoms with Crippen molar-refractivity contribution < 1.29 is 9.53 Å². The molecule has 24 heavy (non-hydrogen) atoms. The van der Waals surface area contributed by atoms with E-state index < -0.39 is 0 Å². The molecule has 2 aromatic heterocycles. The number of benzene rings is 1. The quantitative estimate of drug-likeness (QED) is 0.735. The van der Waals surface area contributed by atoms with Crippen LogP contribution < -0.4 is 10.1 Å². The van der Waals surface area contributed by atoms with Gasteiger partial charge in [0.2, 0.25) is 0 Å². The van der Waals surface area contributed by atoms with Crippen molar-refractivity contribution in [3.8, 4) is 17.0 Å². The van der Waals surface area contributed by atoms with E-state index in [4.69, 9.17) is 4.74 Å². The summed E-state index contributed by atoms with van der Waals surface area (Å²) in [7, 11) is 0. The molecular weight excluding hydrogens is 320 g/mol. The molecule has 0 aliphatic rings. The van der Waals surface area contributed by atoms with Crippen molar-refractivity contribution in [3.63, 3.8) is 0 Å². The monoisotopic (exact) mass is 338 g/mol. The minimum Gasteiger partial charge on any atom is -0.494 e. The number of carbonyl (C=O) groups is 1. The highest BCUT2D eigenvalue weighted by atomic mass is 32.1. The maximum Gasteiger partial charge on any atom is 0.253 e. The molecular formula is C19H18N2O2S. The van der Waals surface area contributed by atoms with Crippen molar-refractivity contribution in [1.82, 2.24) is 10.3 Å². The number of amides is 1. The van der Waals surface area contributed by atoms with Crippen LogP contribution in [0.2, 0.25) is 0 Å². The second-order valence-electron chi connectivity index (χ2n) is 5.21. The van der Waals surface area contributed by atoms with Crippen molar-refractivity contribution in [2.75, 3.05) is 6.61 Å². The summed E-state index contributed by atoms with van der Waals surface area (Å²) >= 11 is 1.63. The maximum atomic E-state index is 12.2. The van der Waals surface area contributed by atoms with Gasteiger partial charge in [0.25, 0.3) is 5.91 Å². The summed E-state index contributed by atoms with van der Waals surface area (Å²) in [5.41, 5.74) is 3.49. The molecule has 0 aliphatic carbocycles. The van der Waals surface area contributed by atoms with Gasteiger partial charge >= 0.3 is 0 Å². The van der Waals surface area contributed by atoms with Gasteiger partial charge in [-0.15, -0.1) is 0 Å². The van der Waals surface area contributed by atoms with E-state index in [0.29, 0.717) is 18.7 Å². The Balaban J connectivity index is 1.61. The van der Waals surface area contributed by atoms with E-state index >= 15 is 0 Å². The fourth-order valence-corrected chi connectivity index (χ4v) is 2.96. The molecule has 0 aliphatic heterocycles. The predicted octanol–water partition coefficient (Wildman–Crippen LogP) is 4.14. The van der Waals surface area contributed by atoms with Crippen LogP contribution in [-0.2, 0) is 6.54 Å². The Morgan fingerprint density at radius 2 is 2.17 bits per heavy atom. The molecule has 0 unspecified atom stereocenters. The highest BCUT2D eigenvalue weighted by Gasteiger charge is 2.07. The average Bonchev–Trinajstić information content (AvgIpc) is 3.15. The van der Waals surface area contributed by atoms with E-state index in [1.807, 2.05) is 54.1 Å². The molecule has 122 valence electrons. The Hall–Kier alpha value is -2.66. The van der Waals surface area contributed by atoms with Crippen LogP contribution in [0.5, 0.6) is 5.75 Å². The first-order chi connectivity index (χ1) is 11.8. The van der Waals surface area contributed by atoms with Crippen LogP contribution in [0.1, 0.15) is 22.8 Å². The summed E-state index contributed by atoms with van der Waals surface area (Å²) in [5, 5.41) is 6.95. The zero-order valence-electron chi connectivity index (χ0n) is 13.4. The lowest BCUT2D eigenvalue weighted by Crippen LogP contribution is -2.22. The van der Waals surface area contributed by atoms with Crippen LogP contribution in [-0.4, -0.2) is 17.5 Å². The van der Waals surface area contributed by atoms with Crippen LogP contribution in [0.4, 0.5) is 0 Å². The zero-order chi connectivity index (χ0) is 16.8. The van der Waals surface area contributed by atoms with E-state index in [1.165, 1.54) is 0 Å². The fraction of sp³-hybridized carbons (Fsp3) is 0.158. The van der Waals surface area contributed by atoms with Gasteiger partial charge in [-0.1, -0.05) is 12.1 Å². The number of hydrogen-bond acceptors (Lipinski definition) is 4. The molecule has 0 fully saturated rings. The summed E-state index contributed by atoms with van der Waals surface area (Å²) in [4.78, 5) is 16.6. The van der Waals surface area contributed by atoms with Gasteiger partial charge in [0.1, 0.15) is 5.75 Å². The molecule has 1 N–H and O–H groups in total. The molecule has 3 rings (SSSR count). The van der Waals surface area contributed by atoms with Crippen LogP contribution in [0, 0.1) is 0 Å². The number of nitrogens with one attached hydrogen (secondary N) is 1. The second-order valence-corrected chi connectivity index (χ2v) is 5.99. The van der Waals surface area contributed by atoms with Gasteiger partial charge in [-0.05, 0) is 48.2 Å². The number of pyridine rings is 1. The third kappa shape index (κ3) is 4.00. The number of ether oxygens (including phenoxy) is 1. The molecule has 0 atom stereocenters. The minimum absolute atomic E-state index is 0.138. The first-order valence-corrected chi connectivity index (χ1v) is 8.69. The highest BCUT2D eigenvalue weighted by molar-refractivity contribution is 7.08. The topological polar surface area (TPSA) is 51.2 Å². The molecule has 1 amide bonds. The first-order valence-electron chi connectivity index (χ1n) is 7.75. The van der Waals surface area contributed by atoms with Crippen molar-refractivity contribution in [3.05, 3.63) is 70.5 Å². The summed E-state index contributed by atoms with van der Waals surface area (Å²) < 4.78 is 5.46. The number of nitrogens with zero attached hydrogens (tertiary/aromatic N) is 1. The van der Waals surface area contributed by atoms with Crippen molar-refractivity contribution in [2.24, 2.45) is 0 Å². The number of hydrogen-bond donors (Lipinski definition) is 1. The van der Waals surface area contributed by atoms with Gasteiger partial charge in [-0.3, -0.25) is 9.78 Å². The average molecular weight is 338 g/mol. The SMILES string of the molecule is CCOc1cccc(CNC(=O)c2ccc(-c3ccsc3)nc2)c1. The van der Waals surface area contributed by atoms with E-state index in [0.717, 1.165) is 22.6 Å². The second kappa shape index (κ2) is 7.75. The predicted molar refractivity (Wildman–Crippen MR) is 96.3 cm³/mol. The van der Waals surface area contributed by atoms with Gasteiger partial charge in [0.15, 0.2) is 0 Å². The fourth-order valence-electron chi connectivity index (χ4n) is 2.31. The van der Waals surface area contributed by atoms with Crippen molar-refractivity contribution in [2.45, 2.75) is 13.5 Å². The molecule has 0 radical (unpaired) electrons.